The van der Waals surface area contributed by atoms with E-state index in [0.29, 0.717) is 6.61 Å². The van der Waals surface area contributed by atoms with Crippen molar-refractivity contribution in [3.8, 4) is 0 Å². The maximum absolute atomic E-state index is 12.2. The van der Waals surface area contributed by atoms with Crippen LogP contribution in [0.5, 0.6) is 0 Å². The molecule has 0 saturated heterocycles. The fraction of sp³-hybridized carbons (Fsp3) is 0.381. The summed E-state index contributed by atoms with van der Waals surface area (Å²) in [5.41, 5.74) is 5.98. The van der Waals surface area contributed by atoms with Crippen molar-refractivity contribution in [1.82, 2.24) is 0 Å². The number of ether oxygens (including phenoxy) is 1. The minimum Gasteiger partial charge on any atom is -1.00 e. The lowest BCUT2D eigenvalue weighted by atomic mass is 10.0. The van der Waals surface area contributed by atoms with Gasteiger partial charge in [0.25, 0.3) is 0 Å². The standard InChI is InChI=1S/C21H29NO2P.BrH/c1-4-17(2)20(22)21(23)24-15-16-25(3,18-11-7-5-8-12-18)19-13-9-6-10-14-19;/h5-14,17,20H,4,15-16,22H2,1-3H3;1H/q+1;/p-1/t17-,20-;/m0./s1. The molecular formula is C21H29BrNO2P. The van der Waals surface area contributed by atoms with E-state index >= 15 is 0 Å². The van der Waals surface area contributed by atoms with E-state index in [4.69, 9.17) is 10.5 Å². The van der Waals surface area contributed by atoms with E-state index in [0.717, 1.165) is 12.6 Å². The topological polar surface area (TPSA) is 52.3 Å². The fourth-order valence-electron chi connectivity index (χ4n) is 2.83. The Balaban J connectivity index is 0.00000338. The molecule has 2 aromatic rings. The van der Waals surface area contributed by atoms with Crippen molar-refractivity contribution in [3.05, 3.63) is 60.7 Å². The highest BCUT2D eigenvalue weighted by Crippen LogP contribution is 2.52. The summed E-state index contributed by atoms with van der Waals surface area (Å²) < 4.78 is 5.53. The average molecular weight is 438 g/mol. The molecule has 2 rings (SSSR count). The van der Waals surface area contributed by atoms with Gasteiger partial charge < -0.3 is 27.5 Å². The molecule has 2 atom stereocenters. The molecule has 0 unspecified atom stereocenters. The molecule has 0 fully saturated rings. The van der Waals surface area contributed by atoms with Gasteiger partial charge in [0.05, 0.1) is 24.5 Å². The quantitative estimate of drug-likeness (QED) is 0.474. The monoisotopic (exact) mass is 437 g/mol. The zero-order valence-corrected chi connectivity index (χ0v) is 18.2. The molecule has 0 radical (unpaired) electrons. The zero-order valence-electron chi connectivity index (χ0n) is 15.8. The molecule has 0 aliphatic rings. The van der Waals surface area contributed by atoms with Gasteiger partial charge in [-0.1, -0.05) is 56.7 Å². The van der Waals surface area contributed by atoms with Crippen molar-refractivity contribution in [2.45, 2.75) is 26.3 Å². The lowest BCUT2D eigenvalue weighted by molar-refractivity contribution is -0.145. The zero-order chi connectivity index (χ0) is 18.3. The number of hydrogen-bond acceptors (Lipinski definition) is 3. The van der Waals surface area contributed by atoms with E-state index in [1.807, 2.05) is 26.0 Å². The van der Waals surface area contributed by atoms with Gasteiger partial charge in [-0.15, -0.1) is 0 Å². The van der Waals surface area contributed by atoms with Crippen molar-refractivity contribution in [2.75, 3.05) is 19.4 Å². The van der Waals surface area contributed by atoms with E-state index < -0.39 is 13.3 Å². The first-order chi connectivity index (χ1) is 12.0. The van der Waals surface area contributed by atoms with Gasteiger partial charge in [0.2, 0.25) is 0 Å². The maximum atomic E-state index is 12.2. The number of halogens is 1. The summed E-state index contributed by atoms with van der Waals surface area (Å²) in [6.45, 7) is 6.72. The normalized spacial score (nSPS) is 13.4. The van der Waals surface area contributed by atoms with Gasteiger partial charge in [0, 0.05) is 0 Å². The summed E-state index contributed by atoms with van der Waals surface area (Å²) in [6, 6.07) is 20.5. The molecule has 3 nitrogen and oxygen atoms in total. The molecule has 2 aromatic carbocycles. The van der Waals surface area contributed by atoms with Gasteiger partial charge in [0.1, 0.15) is 18.8 Å². The molecule has 0 saturated carbocycles. The van der Waals surface area contributed by atoms with Crippen molar-refractivity contribution in [3.63, 3.8) is 0 Å². The van der Waals surface area contributed by atoms with Crippen LogP contribution in [0.1, 0.15) is 20.3 Å². The Kier molecular flexibility index (Phi) is 9.49. The predicted octanol–water partition coefficient (Wildman–Crippen LogP) is 0.205. The van der Waals surface area contributed by atoms with E-state index in [-0.39, 0.29) is 28.9 Å². The number of carbonyl (C=O) groups excluding carboxylic acids is 1. The van der Waals surface area contributed by atoms with Crippen LogP contribution in [0.2, 0.25) is 0 Å². The van der Waals surface area contributed by atoms with Gasteiger partial charge in [-0.05, 0) is 30.2 Å². The summed E-state index contributed by atoms with van der Waals surface area (Å²) in [5.74, 6) is -0.154. The fourth-order valence-corrected chi connectivity index (χ4v) is 5.76. The van der Waals surface area contributed by atoms with E-state index in [9.17, 15) is 4.79 Å². The van der Waals surface area contributed by atoms with Gasteiger partial charge in [0.15, 0.2) is 0 Å². The third-order valence-electron chi connectivity index (χ3n) is 4.96. The molecule has 2 N–H and O–H groups in total. The van der Waals surface area contributed by atoms with Crippen molar-refractivity contribution in [2.24, 2.45) is 11.7 Å². The maximum Gasteiger partial charge on any atom is 0.323 e. The molecule has 0 aliphatic carbocycles. The number of benzene rings is 2. The highest BCUT2D eigenvalue weighted by Gasteiger charge is 2.37. The summed E-state index contributed by atoms with van der Waals surface area (Å²) in [7, 11) is -1.61. The third kappa shape index (κ3) is 5.64. The van der Waals surface area contributed by atoms with Crippen molar-refractivity contribution in [1.29, 1.82) is 0 Å². The van der Waals surface area contributed by atoms with Crippen LogP contribution in [0.25, 0.3) is 0 Å². The van der Waals surface area contributed by atoms with Crippen LogP contribution in [-0.4, -0.2) is 31.4 Å². The summed E-state index contributed by atoms with van der Waals surface area (Å²) in [5, 5.41) is 2.65. The second-order valence-corrected chi connectivity index (χ2v) is 10.5. The largest absolute Gasteiger partial charge is 1.00 e. The van der Waals surface area contributed by atoms with Crippen LogP contribution in [0.15, 0.2) is 60.7 Å². The van der Waals surface area contributed by atoms with E-state index in [1.165, 1.54) is 10.6 Å². The second-order valence-electron chi connectivity index (χ2n) is 6.66. The first kappa shape index (κ1) is 22.8. The molecule has 26 heavy (non-hydrogen) atoms. The molecule has 0 aliphatic heterocycles. The second kappa shape index (κ2) is 10.8. The Hall–Kier alpha value is -1.22. The van der Waals surface area contributed by atoms with Crippen LogP contribution in [0.4, 0.5) is 0 Å². The Morgan fingerprint density at radius 1 is 1.04 bits per heavy atom. The number of carbonyl (C=O) groups is 1. The molecule has 0 bridgehead atoms. The average Bonchev–Trinajstić information content (AvgIpc) is 2.67. The first-order valence-corrected chi connectivity index (χ1v) is 11.3. The highest BCUT2D eigenvalue weighted by atomic mass is 79.9. The van der Waals surface area contributed by atoms with Gasteiger partial charge in [-0.2, -0.15) is 0 Å². The van der Waals surface area contributed by atoms with Crippen LogP contribution < -0.4 is 33.3 Å². The Morgan fingerprint density at radius 2 is 1.50 bits per heavy atom. The van der Waals surface area contributed by atoms with Gasteiger partial charge >= 0.3 is 5.97 Å². The van der Waals surface area contributed by atoms with E-state index in [2.05, 4.69) is 55.2 Å². The molecule has 0 amide bonds. The molecule has 0 heterocycles. The van der Waals surface area contributed by atoms with Crippen molar-refractivity contribution < 1.29 is 26.5 Å². The number of nitrogens with two attached hydrogens (primary N) is 1. The van der Waals surface area contributed by atoms with Crippen LogP contribution in [-0.2, 0) is 9.53 Å². The number of esters is 1. The lowest BCUT2D eigenvalue weighted by Crippen LogP contribution is -3.00. The molecule has 0 spiro atoms. The molecular weight excluding hydrogens is 409 g/mol. The van der Waals surface area contributed by atoms with Crippen molar-refractivity contribution >= 4 is 23.8 Å². The Labute approximate surface area is 168 Å². The predicted molar refractivity (Wildman–Crippen MR) is 108 cm³/mol. The molecule has 142 valence electrons. The minimum atomic E-state index is -1.61. The lowest BCUT2D eigenvalue weighted by Gasteiger charge is -2.24. The third-order valence-corrected chi connectivity index (χ3v) is 8.92. The SMILES string of the molecule is CC[C@H](C)[C@H](N)C(=O)OCC[P+](C)(c1ccccc1)c1ccccc1.[Br-]. The van der Waals surface area contributed by atoms with E-state index in [1.54, 1.807) is 0 Å². The Morgan fingerprint density at radius 3 is 1.92 bits per heavy atom. The van der Waals surface area contributed by atoms with Crippen LogP contribution >= 0.6 is 7.26 Å². The summed E-state index contributed by atoms with van der Waals surface area (Å²) in [6.07, 6.45) is 1.69. The van der Waals surface area contributed by atoms with Gasteiger partial charge in [-0.3, -0.25) is 4.79 Å². The van der Waals surface area contributed by atoms with Crippen LogP contribution in [0.3, 0.4) is 0 Å². The number of hydrogen-bond donors (Lipinski definition) is 1. The minimum absolute atomic E-state index is 0. The van der Waals surface area contributed by atoms with Crippen LogP contribution in [0, 0.1) is 5.92 Å². The molecule has 0 aromatic heterocycles. The smallest absolute Gasteiger partial charge is 0.323 e. The summed E-state index contributed by atoms with van der Waals surface area (Å²) >= 11 is 0. The summed E-state index contributed by atoms with van der Waals surface area (Å²) in [4.78, 5) is 12.2. The number of rotatable bonds is 8. The first-order valence-electron chi connectivity index (χ1n) is 8.88. The molecule has 5 heteroatoms. The van der Waals surface area contributed by atoms with Gasteiger partial charge in [-0.25, -0.2) is 0 Å². The highest BCUT2D eigenvalue weighted by molar-refractivity contribution is 7.88. The Bertz CT molecular complexity index is 627.